The number of nitrogens with zero attached hydrogens (tertiary/aromatic N) is 3. The first kappa shape index (κ1) is 7.85. The fourth-order valence-electron chi connectivity index (χ4n) is 1.08. The van der Waals surface area contributed by atoms with Crippen molar-refractivity contribution in [1.82, 2.24) is 14.3 Å². The maximum absolute atomic E-state index is 11.3. The Labute approximate surface area is 74.2 Å². The van der Waals surface area contributed by atoms with Gasteiger partial charge in [0.1, 0.15) is 18.6 Å². The summed E-state index contributed by atoms with van der Waals surface area (Å²) in [6, 6.07) is 3.59. The number of aryl methyl sites for hydroxylation is 1. The molecule has 2 rings (SSSR count). The zero-order valence-corrected chi connectivity index (χ0v) is 7.17. The van der Waals surface area contributed by atoms with Crippen molar-refractivity contribution in [1.29, 1.82) is 0 Å². The Morgan fingerprint density at radius 1 is 1.62 bits per heavy atom. The van der Waals surface area contributed by atoms with Crippen LogP contribution in [0.25, 0.3) is 0 Å². The average molecular weight is 179 g/mol. The van der Waals surface area contributed by atoms with E-state index in [1.54, 1.807) is 25.4 Å². The minimum absolute atomic E-state index is 0.142. The van der Waals surface area contributed by atoms with Crippen molar-refractivity contribution >= 4 is 0 Å². The van der Waals surface area contributed by atoms with Crippen LogP contribution < -0.4 is 5.69 Å². The van der Waals surface area contributed by atoms with E-state index < -0.39 is 0 Å². The third-order valence-corrected chi connectivity index (χ3v) is 1.77. The summed E-state index contributed by atoms with van der Waals surface area (Å²) >= 11 is 0. The maximum Gasteiger partial charge on any atom is 0.345 e. The van der Waals surface area contributed by atoms with Gasteiger partial charge < -0.3 is 4.42 Å². The van der Waals surface area contributed by atoms with E-state index in [1.165, 1.54) is 15.6 Å². The van der Waals surface area contributed by atoms with E-state index in [0.717, 1.165) is 5.76 Å². The van der Waals surface area contributed by atoms with Crippen molar-refractivity contribution < 1.29 is 4.42 Å². The van der Waals surface area contributed by atoms with E-state index in [0.29, 0.717) is 6.54 Å². The van der Waals surface area contributed by atoms with E-state index >= 15 is 0 Å². The van der Waals surface area contributed by atoms with Crippen LogP contribution >= 0.6 is 0 Å². The van der Waals surface area contributed by atoms with Crippen molar-refractivity contribution in [3.63, 3.8) is 0 Å². The molecule has 0 saturated heterocycles. The van der Waals surface area contributed by atoms with Gasteiger partial charge in [0.15, 0.2) is 0 Å². The van der Waals surface area contributed by atoms with E-state index in [1.807, 2.05) is 0 Å². The van der Waals surface area contributed by atoms with Gasteiger partial charge in [-0.25, -0.2) is 9.48 Å². The summed E-state index contributed by atoms with van der Waals surface area (Å²) < 4.78 is 7.86. The number of hydrogen-bond donors (Lipinski definition) is 0. The minimum Gasteiger partial charge on any atom is -0.467 e. The van der Waals surface area contributed by atoms with Gasteiger partial charge in [0.05, 0.1) is 6.26 Å². The second kappa shape index (κ2) is 2.93. The lowest BCUT2D eigenvalue weighted by Crippen LogP contribution is -2.23. The molecule has 0 aromatic carbocycles. The first-order chi connectivity index (χ1) is 6.27. The molecule has 0 unspecified atom stereocenters. The number of hydrogen-bond acceptors (Lipinski definition) is 3. The molecule has 0 spiro atoms. The predicted octanol–water partition coefficient (Wildman–Crippen LogP) is 0.223. The molecular weight excluding hydrogens is 170 g/mol. The molecule has 0 N–H and O–H groups in total. The van der Waals surface area contributed by atoms with E-state index in [2.05, 4.69) is 5.10 Å². The SMILES string of the molecule is Cn1cnn(Cc2ccco2)c1=O. The predicted molar refractivity (Wildman–Crippen MR) is 45.3 cm³/mol. The Hall–Kier alpha value is -1.78. The Bertz CT molecular complexity index is 438. The number of rotatable bonds is 2. The molecular formula is C8H9N3O2. The first-order valence-corrected chi connectivity index (χ1v) is 3.88. The lowest BCUT2D eigenvalue weighted by atomic mass is 10.4. The summed E-state index contributed by atoms with van der Waals surface area (Å²) in [5.74, 6) is 0.723. The van der Waals surface area contributed by atoms with Crippen molar-refractivity contribution in [2.24, 2.45) is 7.05 Å². The van der Waals surface area contributed by atoms with Crippen LogP contribution in [0.3, 0.4) is 0 Å². The molecule has 5 nitrogen and oxygen atoms in total. The molecule has 2 heterocycles. The molecule has 0 aliphatic heterocycles. The fraction of sp³-hybridized carbons (Fsp3) is 0.250. The Kier molecular flexibility index (Phi) is 1.77. The van der Waals surface area contributed by atoms with Gasteiger partial charge in [-0.2, -0.15) is 5.10 Å². The Balaban J connectivity index is 2.29. The van der Waals surface area contributed by atoms with Gasteiger partial charge in [-0.05, 0) is 12.1 Å². The van der Waals surface area contributed by atoms with Crippen molar-refractivity contribution in [2.45, 2.75) is 6.54 Å². The standard InChI is InChI=1S/C8H9N3O2/c1-10-6-9-11(8(10)12)5-7-3-2-4-13-7/h2-4,6H,5H2,1H3. The first-order valence-electron chi connectivity index (χ1n) is 3.88. The number of furan rings is 1. The van der Waals surface area contributed by atoms with Gasteiger partial charge in [0, 0.05) is 7.05 Å². The fourth-order valence-corrected chi connectivity index (χ4v) is 1.08. The summed E-state index contributed by atoms with van der Waals surface area (Å²) in [5, 5.41) is 3.90. The third kappa shape index (κ3) is 1.40. The van der Waals surface area contributed by atoms with E-state index in [9.17, 15) is 4.79 Å². The molecule has 0 fully saturated rings. The Morgan fingerprint density at radius 3 is 3.00 bits per heavy atom. The molecule has 0 bridgehead atoms. The quantitative estimate of drug-likeness (QED) is 0.662. The highest BCUT2D eigenvalue weighted by Crippen LogP contribution is 1.99. The molecule has 0 amide bonds. The van der Waals surface area contributed by atoms with Crippen molar-refractivity contribution in [3.8, 4) is 0 Å². The summed E-state index contributed by atoms with van der Waals surface area (Å²) in [7, 11) is 1.66. The van der Waals surface area contributed by atoms with Gasteiger partial charge in [-0.15, -0.1) is 0 Å². The van der Waals surface area contributed by atoms with Crippen LogP contribution in [0.4, 0.5) is 0 Å². The summed E-state index contributed by atoms with van der Waals surface area (Å²) in [5.41, 5.74) is -0.142. The van der Waals surface area contributed by atoms with Gasteiger partial charge >= 0.3 is 5.69 Å². The molecule has 13 heavy (non-hydrogen) atoms. The highest BCUT2D eigenvalue weighted by atomic mass is 16.3. The largest absolute Gasteiger partial charge is 0.467 e. The molecule has 0 atom stereocenters. The van der Waals surface area contributed by atoms with Crippen LogP contribution in [0.15, 0.2) is 33.9 Å². The number of aromatic nitrogens is 3. The molecule has 2 aromatic rings. The van der Waals surface area contributed by atoms with Crippen LogP contribution in [0.5, 0.6) is 0 Å². The normalized spacial score (nSPS) is 10.5. The molecule has 0 aliphatic rings. The lowest BCUT2D eigenvalue weighted by molar-refractivity contribution is 0.473. The molecule has 5 heteroatoms. The summed E-state index contributed by atoms with van der Waals surface area (Å²) in [6.07, 6.45) is 3.05. The van der Waals surface area contributed by atoms with E-state index in [-0.39, 0.29) is 5.69 Å². The van der Waals surface area contributed by atoms with Gasteiger partial charge in [-0.1, -0.05) is 0 Å². The summed E-state index contributed by atoms with van der Waals surface area (Å²) in [4.78, 5) is 11.3. The van der Waals surface area contributed by atoms with Gasteiger partial charge in [0.2, 0.25) is 0 Å². The highest BCUT2D eigenvalue weighted by Gasteiger charge is 2.03. The summed E-state index contributed by atoms with van der Waals surface area (Å²) in [6.45, 7) is 0.382. The molecule has 68 valence electrons. The molecule has 2 aromatic heterocycles. The average Bonchev–Trinajstić information content (AvgIpc) is 2.71. The van der Waals surface area contributed by atoms with Gasteiger partial charge in [-0.3, -0.25) is 4.57 Å². The van der Waals surface area contributed by atoms with Crippen LogP contribution in [0, 0.1) is 0 Å². The van der Waals surface area contributed by atoms with Gasteiger partial charge in [0.25, 0.3) is 0 Å². The minimum atomic E-state index is -0.142. The van der Waals surface area contributed by atoms with Crippen LogP contribution in [0.1, 0.15) is 5.76 Å². The Morgan fingerprint density at radius 2 is 2.46 bits per heavy atom. The molecule has 0 radical (unpaired) electrons. The topological polar surface area (TPSA) is 53.0 Å². The molecule has 0 saturated carbocycles. The van der Waals surface area contributed by atoms with E-state index in [4.69, 9.17) is 4.42 Å². The third-order valence-electron chi connectivity index (χ3n) is 1.77. The highest BCUT2D eigenvalue weighted by molar-refractivity contribution is 4.98. The maximum atomic E-state index is 11.3. The zero-order chi connectivity index (χ0) is 9.26. The monoisotopic (exact) mass is 179 g/mol. The second-order valence-corrected chi connectivity index (χ2v) is 2.76. The van der Waals surface area contributed by atoms with Crippen LogP contribution in [0.2, 0.25) is 0 Å². The lowest BCUT2D eigenvalue weighted by Gasteiger charge is -1.93. The van der Waals surface area contributed by atoms with Crippen LogP contribution in [-0.4, -0.2) is 14.3 Å². The second-order valence-electron chi connectivity index (χ2n) is 2.76. The smallest absolute Gasteiger partial charge is 0.345 e. The molecule has 0 aliphatic carbocycles. The zero-order valence-electron chi connectivity index (χ0n) is 7.17. The van der Waals surface area contributed by atoms with Crippen molar-refractivity contribution in [3.05, 3.63) is 41.0 Å². The van der Waals surface area contributed by atoms with Crippen LogP contribution in [-0.2, 0) is 13.6 Å². The van der Waals surface area contributed by atoms with Crippen molar-refractivity contribution in [2.75, 3.05) is 0 Å².